The van der Waals surface area contributed by atoms with E-state index in [1.807, 2.05) is 44.2 Å². The summed E-state index contributed by atoms with van der Waals surface area (Å²) in [6.07, 6.45) is 0. The average molecular weight is 284 g/mol. The van der Waals surface area contributed by atoms with Crippen molar-refractivity contribution in [2.24, 2.45) is 5.73 Å². The van der Waals surface area contributed by atoms with Gasteiger partial charge < -0.3 is 15.8 Å². The topological polar surface area (TPSA) is 47.3 Å². The number of hydrogen-bond acceptors (Lipinski definition) is 3. The normalized spacial score (nSPS) is 13.0. The van der Waals surface area contributed by atoms with Crippen molar-refractivity contribution in [1.82, 2.24) is 5.32 Å². The molecule has 0 aliphatic heterocycles. The molecule has 0 amide bonds. The molecule has 2 rings (SSSR count). The van der Waals surface area contributed by atoms with E-state index < -0.39 is 0 Å². The third kappa shape index (κ3) is 4.31. The van der Waals surface area contributed by atoms with E-state index in [0.717, 1.165) is 12.3 Å². The van der Waals surface area contributed by atoms with Crippen molar-refractivity contribution in [3.8, 4) is 5.75 Å². The maximum Gasteiger partial charge on any atom is 0.118 e. The van der Waals surface area contributed by atoms with E-state index in [1.54, 1.807) is 7.11 Å². The molecule has 0 aliphatic carbocycles. The molecule has 0 heterocycles. The van der Waals surface area contributed by atoms with Gasteiger partial charge in [-0.25, -0.2) is 0 Å². The SMILES string of the molecule is COc1ccc(CNC(c2ccccc2)C(C)(C)N)cc1. The third-order valence-electron chi connectivity index (χ3n) is 3.55. The van der Waals surface area contributed by atoms with Crippen LogP contribution < -0.4 is 15.8 Å². The number of ether oxygens (including phenoxy) is 1. The van der Waals surface area contributed by atoms with Crippen molar-refractivity contribution in [1.29, 1.82) is 0 Å². The van der Waals surface area contributed by atoms with Crippen molar-refractivity contribution in [2.45, 2.75) is 32.0 Å². The highest BCUT2D eigenvalue weighted by molar-refractivity contribution is 5.28. The van der Waals surface area contributed by atoms with E-state index >= 15 is 0 Å². The molecular weight excluding hydrogens is 260 g/mol. The molecule has 3 heteroatoms. The second-order valence-corrected chi connectivity index (χ2v) is 5.89. The monoisotopic (exact) mass is 284 g/mol. The summed E-state index contributed by atoms with van der Waals surface area (Å²) in [6.45, 7) is 4.86. The van der Waals surface area contributed by atoms with E-state index in [4.69, 9.17) is 10.5 Å². The molecule has 0 saturated heterocycles. The second kappa shape index (κ2) is 6.74. The Balaban J connectivity index is 2.09. The maximum atomic E-state index is 6.34. The van der Waals surface area contributed by atoms with Gasteiger partial charge in [0.25, 0.3) is 0 Å². The third-order valence-corrected chi connectivity index (χ3v) is 3.55. The molecular formula is C18H24N2O. The van der Waals surface area contributed by atoms with Crippen LogP contribution in [0.2, 0.25) is 0 Å². The number of nitrogens with two attached hydrogens (primary N) is 1. The predicted molar refractivity (Wildman–Crippen MR) is 87.3 cm³/mol. The van der Waals surface area contributed by atoms with Gasteiger partial charge in [-0.05, 0) is 37.1 Å². The minimum Gasteiger partial charge on any atom is -0.497 e. The molecule has 0 spiro atoms. The van der Waals surface area contributed by atoms with Crippen LogP contribution >= 0.6 is 0 Å². The van der Waals surface area contributed by atoms with Crippen LogP contribution in [0.25, 0.3) is 0 Å². The summed E-state index contributed by atoms with van der Waals surface area (Å²) in [6, 6.07) is 18.5. The molecule has 3 nitrogen and oxygen atoms in total. The van der Waals surface area contributed by atoms with Gasteiger partial charge in [0, 0.05) is 18.1 Å². The fourth-order valence-electron chi connectivity index (χ4n) is 2.42. The summed E-state index contributed by atoms with van der Waals surface area (Å²) in [5.41, 5.74) is 8.42. The summed E-state index contributed by atoms with van der Waals surface area (Å²) < 4.78 is 5.18. The Morgan fingerprint density at radius 3 is 2.19 bits per heavy atom. The number of methoxy groups -OCH3 is 1. The molecule has 0 aliphatic rings. The van der Waals surface area contributed by atoms with Gasteiger partial charge in [0.05, 0.1) is 7.11 Å². The molecule has 0 radical (unpaired) electrons. The minimum atomic E-state index is -0.339. The smallest absolute Gasteiger partial charge is 0.118 e. The van der Waals surface area contributed by atoms with Crippen molar-refractivity contribution in [3.63, 3.8) is 0 Å². The molecule has 2 aromatic carbocycles. The Bertz CT molecular complexity index is 544. The Labute approximate surface area is 127 Å². The van der Waals surface area contributed by atoms with Gasteiger partial charge in [0.1, 0.15) is 5.75 Å². The van der Waals surface area contributed by atoms with Gasteiger partial charge in [0.2, 0.25) is 0 Å². The highest BCUT2D eigenvalue weighted by Gasteiger charge is 2.26. The summed E-state index contributed by atoms with van der Waals surface area (Å²) in [5, 5.41) is 3.56. The van der Waals surface area contributed by atoms with E-state index in [2.05, 4.69) is 29.6 Å². The number of nitrogens with one attached hydrogen (secondary N) is 1. The zero-order chi connectivity index (χ0) is 15.3. The van der Waals surface area contributed by atoms with Crippen molar-refractivity contribution >= 4 is 0 Å². The van der Waals surface area contributed by atoms with E-state index in [-0.39, 0.29) is 11.6 Å². The molecule has 0 fully saturated rings. The molecule has 2 aromatic rings. The standard InChI is InChI=1S/C18H24N2O/c1-18(2,19)17(15-7-5-4-6-8-15)20-13-14-9-11-16(21-3)12-10-14/h4-12,17,20H,13,19H2,1-3H3. The minimum absolute atomic E-state index is 0.0980. The molecule has 0 aromatic heterocycles. The maximum absolute atomic E-state index is 6.34. The zero-order valence-electron chi connectivity index (χ0n) is 13.0. The van der Waals surface area contributed by atoms with Crippen LogP contribution in [0.15, 0.2) is 54.6 Å². The van der Waals surface area contributed by atoms with Crippen LogP contribution in [0.5, 0.6) is 5.75 Å². The van der Waals surface area contributed by atoms with Gasteiger partial charge in [0.15, 0.2) is 0 Å². The van der Waals surface area contributed by atoms with Crippen LogP contribution in [0.4, 0.5) is 0 Å². The summed E-state index contributed by atoms with van der Waals surface area (Å²) in [7, 11) is 1.68. The lowest BCUT2D eigenvalue weighted by Gasteiger charge is -2.32. The molecule has 1 unspecified atom stereocenters. The highest BCUT2D eigenvalue weighted by Crippen LogP contribution is 2.24. The summed E-state index contributed by atoms with van der Waals surface area (Å²) in [5.74, 6) is 0.873. The number of hydrogen-bond donors (Lipinski definition) is 2. The first-order valence-electron chi connectivity index (χ1n) is 7.21. The van der Waals surface area contributed by atoms with Crippen LogP contribution in [-0.4, -0.2) is 12.6 Å². The van der Waals surface area contributed by atoms with Crippen molar-refractivity contribution in [3.05, 3.63) is 65.7 Å². The van der Waals surface area contributed by atoms with E-state index in [0.29, 0.717) is 0 Å². The average Bonchev–Trinajstić information content (AvgIpc) is 2.48. The first-order valence-corrected chi connectivity index (χ1v) is 7.21. The Morgan fingerprint density at radius 1 is 1.05 bits per heavy atom. The number of rotatable bonds is 6. The molecule has 0 bridgehead atoms. The van der Waals surface area contributed by atoms with Crippen LogP contribution in [0, 0.1) is 0 Å². The largest absolute Gasteiger partial charge is 0.497 e. The first-order chi connectivity index (χ1) is 10.0. The fourth-order valence-corrected chi connectivity index (χ4v) is 2.42. The first kappa shape index (κ1) is 15.5. The Hall–Kier alpha value is -1.84. The van der Waals surface area contributed by atoms with Gasteiger partial charge in [-0.3, -0.25) is 0 Å². The summed E-state index contributed by atoms with van der Waals surface area (Å²) >= 11 is 0. The lowest BCUT2D eigenvalue weighted by molar-refractivity contribution is 0.348. The molecule has 21 heavy (non-hydrogen) atoms. The Morgan fingerprint density at radius 2 is 1.67 bits per heavy atom. The van der Waals surface area contributed by atoms with E-state index in [1.165, 1.54) is 11.1 Å². The Kier molecular flexibility index (Phi) is 4.99. The molecule has 0 saturated carbocycles. The van der Waals surface area contributed by atoms with Crippen LogP contribution in [0.1, 0.15) is 31.0 Å². The number of benzene rings is 2. The van der Waals surface area contributed by atoms with Gasteiger partial charge in [-0.2, -0.15) is 0 Å². The van der Waals surface area contributed by atoms with Gasteiger partial charge >= 0.3 is 0 Å². The predicted octanol–water partition coefficient (Wildman–Crippen LogP) is 3.26. The second-order valence-electron chi connectivity index (χ2n) is 5.89. The van der Waals surface area contributed by atoms with E-state index in [9.17, 15) is 0 Å². The fraction of sp³-hybridized carbons (Fsp3) is 0.333. The lowest BCUT2D eigenvalue weighted by Crippen LogP contribution is -2.46. The molecule has 112 valence electrons. The lowest BCUT2D eigenvalue weighted by atomic mass is 9.89. The molecule has 1 atom stereocenters. The molecule has 3 N–H and O–H groups in total. The highest BCUT2D eigenvalue weighted by atomic mass is 16.5. The van der Waals surface area contributed by atoms with Gasteiger partial charge in [-0.15, -0.1) is 0 Å². The van der Waals surface area contributed by atoms with Crippen molar-refractivity contribution < 1.29 is 4.74 Å². The quantitative estimate of drug-likeness (QED) is 0.856. The van der Waals surface area contributed by atoms with Gasteiger partial charge in [-0.1, -0.05) is 42.5 Å². The van der Waals surface area contributed by atoms with Crippen LogP contribution in [0.3, 0.4) is 0 Å². The van der Waals surface area contributed by atoms with Crippen LogP contribution in [-0.2, 0) is 6.54 Å². The van der Waals surface area contributed by atoms with Crippen molar-refractivity contribution in [2.75, 3.05) is 7.11 Å². The zero-order valence-corrected chi connectivity index (χ0v) is 13.0. The summed E-state index contributed by atoms with van der Waals surface area (Å²) in [4.78, 5) is 0.